The molecule has 0 radical (unpaired) electrons. The molecule has 4 nitrogen and oxygen atoms in total. The third-order valence-corrected chi connectivity index (χ3v) is 4.61. The molecular formula is C15H20N2O2S. The van der Waals surface area contributed by atoms with Crippen LogP contribution in [0.15, 0.2) is 24.3 Å². The average Bonchev–Trinajstić information content (AvgIpc) is 2.79. The number of aryl methyl sites for hydroxylation is 2. The van der Waals surface area contributed by atoms with Crippen LogP contribution in [0.3, 0.4) is 0 Å². The van der Waals surface area contributed by atoms with Crippen LogP contribution in [0.4, 0.5) is 0 Å². The summed E-state index contributed by atoms with van der Waals surface area (Å²) in [5, 5.41) is 0. The molecule has 1 aromatic heterocycles. The van der Waals surface area contributed by atoms with Crippen LogP contribution in [-0.2, 0) is 0 Å². The summed E-state index contributed by atoms with van der Waals surface area (Å²) in [6.45, 7) is 4.22. The lowest BCUT2D eigenvalue weighted by molar-refractivity contribution is 0.388. The monoisotopic (exact) mass is 292 g/mol. The molecule has 3 N–H and O–H groups in total. The lowest BCUT2D eigenvalue weighted by Gasteiger charge is -2.18. The Morgan fingerprint density at radius 2 is 1.90 bits per heavy atom. The number of hydrogen-bond acceptors (Lipinski definition) is 5. The second kappa shape index (κ2) is 6.26. The molecule has 0 bridgehead atoms. The fourth-order valence-electron chi connectivity index (χ4n) is 2.13. The molecule has 20 heavy (non-hydrogen) atoms. The van der Waals surface area contributed by atoms with Gasteiger partial charge in [0, 0.05) is 21.4 Å². The molecule has 0 aliphatic carbocycles. The smallest absolute Gasteiger partial charge is 0.127 e. The molecule has 1 heterocycles. The van der Waals surface area contributed by atoms with Crippen LogP contribution in [0.25, 0.3) is 0 Å². The Morgan fingerprint density at radius 1 is 1.15 bits per heavy atom. The van der Waals surface area contributed by atoms with Gasteiger partial charge in [0.25, 0.3) is 0 Å². The molecule has 0 amide bonds. The average molecular weight is 292 g/mol. The summed E-state index contributed by atoms with van der Waals surface area (Å²) in [6.07, 6.45) is 0. The van der Waals surface area contributed by atoms with Crippen LogP contribution in [0.2, 0.25) is 0 Å². The number of ether oxygens (including phenoxy) is 2. The first-order valence-electron chi connectivity index (χ1n) is 6.35. The first-order chi connectivity index (χ1) is 9.60. The Morgan fingerprint density at radius 3 is 2.40 bits per heavy atom. The topological polar surface area (TPSA) is 56.5 Å². The number of nitrogens with two attached hydrogens (primary N) is 1. The Balaban J connectivity index is 2.46. The highest BCUT2D eigenvalue weighted by molar-refractivity contribution is 7.12. The largest absolute Gasteiger partial charge is 0.497 e. The molecular weight excluding hydrogens is 272 g/mol. The van der Waals surface area contributed by atoms with Gasteiger partial charge in [-0.1, -0.05) is 0 Å². The Bertz CT molecular complexity index is 576. The maximum absolute atomic E-state index is 5.76. The van der Waals surface area contributed by atoms with Gasteiger partial charge in [-0.2, -0.15) is 0 Å². The van der Waals surface area contributed by atoms with Crippen molar-refractivity contribution in [3.8, 4) is 11.5 Å². The van der Waals surface area contributed by atoms with E-state index < -0.39 is 0 Å². The van der Waals surface area contributed by atoms with Crippen LogP contribution in [0, 0.1) is 13.8 Å². The van der Waals surface area contributed by atoms with E-state index in [1.165, 1.54) is 15.3 Å². The molecule has 1 unspecified atom stereocenters. The minimum atomic E-state index is -0.0896. The van der Waals surface area contributed by atoms with Gasteiger partial charge in [-0.15, -0.1) is 11.3 Å². The van der Waals surface area contributed by atoms with E-state index in [1.54, 1.807) is 25.6 Å². The van der Waals surface area contributed by atoms with E-state index >= 15 is 0 Å². The van der Waals surface area contributed by atoms with Gasteiger partial charge in [0.2, 0.25) is 0 Å². The van der Waals surface area contributed by atoms with Gasteiger partial charge in [-0.3, -0.25) is 5.84 Å². The number of thiophene rings is 1. The van der Waals surface area contributed by atoms with Crippen molar-refractivity contribution >= 4 is 11.3 Å². The Hall–Kier alpha value is -1.56. The second-order valence-corrected chi connectivity index (χ2v) is 5.88. The van der Waals surface area contributed by atoms with Crippen LogP contribution in [-0.4, -0.2) is 14.2 Å². The fraction of sp³-hybridized carbons (Fsp3) is 0.333. The summed E-state index contributed by atoms with van der Waals surface area (Å²) in [5.41, 5.74) is 5.15. The molecule has 0 aliphatic rings. The normalized spacial score (nSPS) is 12.2. The highest BCUT2D eigenvalue weighted by Gasteiger charge is 2.20. The van der Waals surface area contributed by atoms with Crippen molar-refractivity contribution in [3.63, 3.8) is 0 Å². The maximum Gasteiger partial charge on any atom is 0.127 e. The lowest BCUT2D eigenvalue weighted by Crippen LogP contribution is -2.28. The van der Waals surface area contributed by atoms with Gasteiger partial charge in [-0.25, -0.2) is 5.43 Å². The highest BCUT2D eigenvalue weighted by Crippen LogP contribution is 2.36. The van der Waals surface area contributed by atoms with E-state index in [9.17, 15) is 0 Å². The Labute approximate surface area is 123 Å². The van der Waals surface area contributed by atoms with Gasteiger partial charge in [-0.05, 0) is 37.6 Å². The molecule has 0 aliphatic heterocycles. The summed E-state index contributed by atoms with van der Waals surface area (Å²) in [6, 6.07) is 7.83. The molecule has 0 saturated heterocycles. The zero-order valence-electron chi connectivity index (χ0n) is 12.2. The minimum absolute atomic E-state index is 0.0896. The Kier molecular flexibility index (Phi) is 4.65. The number of hydrogen-bond donors (Lipinski definition) is 2. The van der Waals surface area contributed by atoms with E-state index in [4.69, 9.17) is 15.3 Å². The number of hydrazine groups is 1. The van der Waals surface area contributed by atoms with Crippen LogP contribution >= 0.6 is 11.3 Å². The quantitative estimate of drug-likeness (QED) is 0.657. The summed E-state index contributed by atoms with van der Waals surface area (Å²) < 4.78 is 10.7. The lowest BCUT2D eigenvalue weighted by atomic mass is 10.0. The third kappa shape index (κ3) is 2.80. The van der Waals surface area contributed by atoms with Crippen molar-refractivity contribution < 1.29 is 9.47 Å². The zero-order valence-corrected chi connectivity index (χ0v) is 13.0. The fourth-order valence-corrected chi connectivity index (χ4v) is 3.25. The number of nitrogens with one attached hydrogen (secondary N) is 1. The van der Waals surface area contributed by atoms with Crippen molar-refractivity contribution in [2.45, 2.75) is 19.9 Å². The van der Waals surface area contributed by atoms with E-state index in [0.717, 1.165) is 17.1 Å². The van der Waals surface area contributed by atoms with Crippen molar-refractivity contribution in [1.29, 1.82) is 0 Å². The molecule has 0 fully saturated rings. The first kappa shape index (κ1) is 14.8. The van der Waals surface area contributed by atoms with Crippen molar-refractivity contribution in [2.75, 3.05) is 14.2 Å². The molecule has 108 valence electrons. The number of benzene rings is 1. The van der Waals surface area contributed by atoms with E-state index in [2.05, 4.69) is 25.3 Å². The van der Waals surface area contributed by atoms with Gasteiger partial charge >= 0.3 is 0 Å². The molecule has 0 spiro atoms. The zero-order chi connectivity index (χ0) is 14.7. The second-order valence-electron chi connectivity index (χ2n) is 4.60. The van der Waals surface area contributed by atoms with Gasteiger partial charge in [0.05, 0.1) is 20.3 Å². The molecule has 2 rings (SSSR count). The summed E-state index contributed by atoms with van der Waals surface area (Å²) in [7, 11) is 3.29. The van der Waals surface area contributed by atoms with Crippen molar-refractivity contribution in [3.05, 3.63) is 45.1 Å². The van der Waals surface area contributed by atoms with Gasteiger partial charge in [0.1, 0.15) is 11.5 Å². The molecule has 1 aromatic carbocycles. The minimum Gasteiger partial charge on any atom is -0.497 e. The van der Waals surface area contributed by atoms with Crippen molar-refractivity contribution in [2.24, 2.45) is 5.84 Å². The van der Waals surface area contributed by atoms with Crippen LogP contribution in [0.1, 0.15) is 26.9 Å². The predicted molar refractivity (Wildman–Crippen MR) is 82.5 cm³/mol. The predicted octanol–water partition coefficient (Wildman–Crippen LogP) is 2.93. The summed E-state index contributed by atoms with van der Waals surface area (Å²) in [4.78, 5) is 2.47. The van der Waals surface area contributed by atoms with Crippen LogP contribution < -0.4 is 20.7 Å². The maximum atomic E-state index is 5.76. The SMILES string of the molecule is COc1ccc(C(NN)c2cc(C)c(C)s2)c(OC)c1. The van der Waals surface area contributed by atoms with Gasteiger partial charge < -0.3 is 9.47 Å². The molecule has 5 heteroatoms. The number of methoxy groups -OCH3 is 2. The molecule has 0 saturated carbocycles. The van der Waals surface area contributed by atoms with Crippen molar-refractivity contribution in [1.82, 2.24) is 5.43 Å². The summed E-state index contributed by atoms with van der Waals surface area (Å²) in [5.74, 6) is 7.28. The standard InChI is InChI=1S/C15H20N2O2S/c1-9-7-14(20-10(9)2)15(17-16)12-6-5-11(18-3)8-13(12)19-4/h5-8,15,17H,16H2,1-4H3. The summed E-state index contributed by atoms with van der Waals surface area (Å²) >= 11 is 1.74. The number of rotatable bonds is 5. The van der Waals surface area contributed by atoms with E-state index in [0.29, 0.717) is 0 Å². The first-order valence-corrected chi connectivity index (χ1v) is 7.17. The van der Waals surface area contributed by atoms with E-state index in [1.807, 2.05) is 18.2 Å². The van der Waals surface area contributed by atoms with Gasteiger partial charge in [0.15, 0.2) is 0 Å². The van der Waals surface area contributed by atoms with E-state index in [-0.39, 0.29) is 6.04 Å². The molecule has 1 atom stereocenters. The highest BCUT2D eigenvalue weighted by atomic mass is 32.1. The van der Waals surface area contributed by atoms with Crippen LogP contribution in [0.5, 0.6) is 11.5 Å². The molecule has 2 aromatic rings. The third-order valence-electron chi connectivity index (χ3n) is 3.39.